The Balaban J connectivity index is 2.19. The second-order valence-electron chi connectivity index (χ2n) is 4.11. The van der Waals surface area contributed by atoms with Crippen molar-refractivity contribution in [3.05, 3.63) is 65.7 Å². The molecule has 2 nitrogen and oxygen atoms in total. The van der Waals surface area contributed by atoms with Crippen molar-refractivity contribution in [1.29, 1.82) is 0 Å². The monoisotopic (exact) mass is 261 g/mol. The summed E-state index contributed by atoms with van der Waals surface area (Å²) in [6.45, 7) is 0. The average Bonchev–Trinajstić information content (AvgIpc) is 2.42. The zero-order chi connectivity index (χ0) is 13.7. The average molecular weight is 261 g/mol. The highest BCUT2D eigenvalue weighted by Gasteiger charge is 2.16. The highest BCUT2D eigenvalue weighted by Crippen LogP contribution is 2.19. The number of anilines is 1. The third-order valence-electron chi connectivity index (χ3n) is 2.71. The van der Waals surface area contributed by atoms with Gasteiger partial charge in [0.2, 0.25) is 0 Å². The van der Waals surface area contributed by atoms with Gasteiger partial charge in [0.1, 0.15) is 0 Å². The summed E-state index contributed by atoms with van der Waals surface area (Å²) in [5, 5.41) is 2.24. The number of para-hydroxylation sites is 1. The minimum Gasteiger partial charge on any atom is -0.321 e. The predicted molar refractivity (Wildman–Crippen MR) is 70.3 cm³/mol. The number of amides is 1. The Morgan fingerprint density at radius 1 is 1.00 bits per heavy atom. The molecule has 0 heterocycles. The smallest absolute Gasteiger partial charge is 0.315 e. The van der Waals surface area contributed by atoms with Crippen LogP contribution in [-0.4, -0.2) is 12.3 Å². The topological polar surface area (TPSA) is 29.1 Å². The van der Waals surface area contributed by atoms with E-state index in [1.54, 1.807) is 12.1 Å². The fourth-order valence-corrected chi connectivity index (χ4v) is 1.80. The lowest BCUT2D eigenvalue weighted by atomic mass is 10.0. The maximum atomic E-state index is 12.3. The summed E-state index contributed by atoms with van der Waals surface area (Å²) in [7, 11) is 0. The van der Waals surface area contributed by atoms with Gasteiger partial charge in [0.05, 0.1) is 0 Å². The number of hydrogen-bond acceptors (Lipinski definition) is 1. The molecule has 0 aliphatic heterocycles. The summed E-state index contributed by atoms with van der Waals surface area (Å²) < 4.78 is 24.5. The summed E-state index contributed by atoms with van der Waals surface area (Å²) in [5.74, 6) is -1.28. The zero-order valence-electron chi connectivity index (χ0n) is 10.1. The van der Waals surface area contributed by atoms with E-state index in [2.05, 4.69) is 5.32 Å². The molecule has 0 aromatic heterocycles. The lowest BCUT2D eigenvalue weighted by molar-refractivity contribution is -0.126. The lowest BCUT2D eigenvalue weighted by Gasteiger charge is -2.10. The Morgan fingerprint density at radius 2 is 1.63 bits per heavy atom. The molecule has 0 bridgehead atoms. The van der Waals surface area contributed by atoms with E-state index in [1.165, 1.54) is 0 Å². The second-order valence-corrected chi connectivity index (χ2v) is 4.11. The van der Waals surface area contributed by atoms with Crippen LogP contribution in [0.15, 0.2) is 54.6 Å². The van der Waals surface area contributed by atoms with Crippen molar-refractivity contribution >= 4 is 11.6 Å². The van der Waals surface area contributed by atoms with Gasteiger partial charge < -0.3 is 5.32 Å². The van der Waals surface area contributed by atoms with Gasteiger partial charge in [-0.1, -0.05) is 48.5 Å². The Kier molecular flexibility index (Phi) is 4.23. The number of carbonyl (C=O) groups is 1. The van der Waals surface area contributed by atoms with Crippen LogP contribution in [0.5, 0.6) is 0 Å². The van der Waals surface area contributed by atoms with Gasteiger partial charge in [-0.3, -0.25) is 4.79 Å². The first-order valence-electron chi connectivity index (χ1n) is 5.87. The Bertz CT molecular complexity index is 555. The number of benzene rings is 2. The molecule has 2 aromatic rings. The van der Waals surface area contributed by atoms with Crippen LogP contribution in [0.1, 0.15) is 11.1 Å². The molecule has 0 spiro atoms. The minimum atomic E-state index is -3.01. The molecule has 98 valence electrons. The van der Waals surface area contributed by atoms with E-state index >= 15 is 0 Å². The van der Waals surface area contributed by atoms with E-state index in [0.717, 1.165) is 11.1 Å². The van der Waals surface area contributed by atoms with E-state index in [1.807, 2.05) is 42.5 Å². The first-order valence-corrected chi connectivity index (χ1v) is 5.87. The van der Waals surface area contributed by atoms with Crippen LogP contribution in [0.3, 0.4) is 0 Å². The second kappa shape index (κ2) is 6.09. The largest absolute Gasteiger partial charge is 0.321 e. The molecule has 0 radical (unpaired) electrons. The molecule has 19 heavy (non-hydrogen) atoms. The highest BCUT2D eigenvalue weighted by atomic mass is 19.3. The minimum absolute atomic E-state index is 0.427. The van der Waals surface area contributed by atoms with Crippen molar-refractivity contribution in [3.8, 4) is 0 Å². The summed E-state index contributed by atoms with van der Waals surface area (Å²) in [4.78, 5) is 11.1. The van der Waals surface area contributed by atoms with Gasteiger partial charge in [-0.25, -0.2) is 0 Å². The normalized spacial score (nSPS) is 10.5. The van der Waals surface area contributed by atoms with Gasteiger partial charge in [0.15, 0.2) is 0 Å². The van der Waals surface area contributed by atoms with Crippen LogP contribution < -0.4 is 5.32 Å². The third-order valence-corrected chi connectivity index (χ3v) is 2.71. The van der Waals surface area contributed by atoms with Gasteiger partial charge in [-0.2, -0.15) is 8.78 Å². The molecule has 0 aliphatic rings. The first kappa shape index (κ1) is 13.2. The van der Waals surface area contributed by atoms with Crippen molar-refractivity contribution in [1.82, 2.24) is 0 Å². The first-order chi connectivity index (χ1) is 9.16. The Labute approximate surface area is 110 Å². The van der Waals surface area contributed by atoms with E-state index in [0.29, 0.717) is 12.1 Å². The Hall–Kier alpha value is -2.23. The summed E-state index contributed by atoms with van der Waals surface area (Å²) >= 11 is 0. The fourth-order valence-electron chi connectivity index (χ4n) is 1.80. The maximum absolute atomic E-state index is 12.3. The van der Waals surface area contributed by atoms with Gasteiger partial charge in [-0.15, -0.1) is 0 Å². The maximum Gasteiger partial charge on any atom is 0.315 e. The van der Waals surface area contributed by atoms with Gasteiger partial charge >= 0.3 is 6.43 Å². The van der Waals surface area contributed by atoms with Crippen LogP contribution >= 0.6 is 0 Å². The van der Waals surface area contributed by atoms with E-state index in [-0.39, 0.29) is 0 Å². The van der Waals surface area contributed by atoms with Crippen LogP contribution in [0, 0.1) is 0 Å². The van der Waals surface area contributed by atoms with Crippen LogP contribution in [0.4, 0.5) is 14.5 Å². The predicted octanol–water partition coefficient (Wildman–Crippen LogP) is 3.48. The van der Waals surface area contributed by atoms with Crippen LogP contribution in [0.2, 0.25) is 0 Å². The molecule has 0 saturated carbocycles. The lowest BCUT2D eigenvalue weighted by Crippen LogP contribution is -2.20. The highest BCUT2D eigenvalue weighted by molar-refractivity contribution is 5.93. The van der Waals surface area contributed by atoms with Crippen molar-refractivity contribution in [2.24, 2.45) is 0 Å². The van der Waals surface area contributed by atoms with Crippen molar-refractivity contribution in [3.63, 3.8) is 0 Å². The van der Waals surface area contributed by atoms with Gasteiger partial charge in [0.25, 0.3) is 5.91 Å². The van der Waals surface area contributed by atoms with E-state index in [4.69, 9.17) is 0 Å². The molecule has 4 heteroatoms. The molecule has 0 fully saturated rings. The third kappa shape index (κ3) is 3.61. The van der Waals surface area contributed by atoms with Crippen molar-refractivity contribution in [2.45, 2.75) is 12.8 Å². The number of alkyl halides is 2. The quantitative estimate of drug-likeness (QED) is 0.897. The van der Waals surface area contributed by atoms with Crippen LogP contribution in [-0.2, 0) is 11.2 Å². The van der Waals surface area contributed by atoms with Crippen molar-refractivity contribution in [2.75, 3.05) is 5.32 Å². The van der Waals surface area contributed by atoms with Gasteiger partial charge in [0, 0.05) is 5.69 Å². The molecule has 2 rings (SSSR count). The zero-order valence-corrected chi connectivity index (χ0v) is 10.1. The molecule has 2 aromatic carbocycles. The summed E-state index contributed by atoms with van der Waals surface area (Å²) in [5.41, 5.74) is 2.29. The number of halogens is 2. The van der Waals surface area contributed by atoms with Gasteiger partial charge in [-0.05, 0) is 23.6 Å². The SMILES string of the molecule is O=C(Nc1ccccc1Cc1ccccc1)C(F)F. The van der Waals surface area contributed by atoms with E-state index < -0.39 is 12.3 Å². The summed E-state index contributed by atoms with van der Waals surface area (Å²) in [6, 6.07) is 16.6. The summed E-state index contributed by atoms with van der Waals surface area (Å²) in [6.07, 6.45) is -2.43. The molecule has 1 N–H and O–H groups in total. The Morgan fingerprint density at radius 3 is 2.32 bits per heavy atom. The molecule has 0 saturated heterocycles. The number of hydrogen-bond donors (Lipinski definition) is 1. The van der Waals surface area contributed by atoms with E-state index in [9.17, 15) is 13.6 Å². The number of rotatable bonds is 4. The molecular weight excluding hydrogens is 248 g/mol. The molecule has 1 amide bonds. The fraction of sp³-hybridized carbons (Fsp3) is 0.133. The molecule has 0 unspecified atom stereocenters. The molecular formula is C15H13F2NO. The van der Waals surface area contributed by atoms with Crippen molar-refractivity contribution < 1.29 is 13.6 Å². The number of nitrogens with one attached hydrogen (secondary N) is 1. The standard InChI is InChI=1S/C15H13F2NO/c16-14(17)15(19)18-13-9-5-4-8-12(13)10-11-6-2-1-3-7-11/h1-9,14H,10H2,(H,18,19). The molecule has 0 aliphatic carbocycles. The number of carbonyl (C=O) groups excluding carboxylic acids is 1. The van der Waals surface area contributed by atoms with Crippen LogP contribution in [0.25, 0.3) is 0 Å². The molecule has 0 atom stereocenters.